The number of hydrazone groups is 1. The third-order valence-electron chi connectivity index (χ3n) is 4.23. The third kappa shape index (κ3) is 7.49. The van der Waals surface area contributed by atoms with E-state index < -0.39 is 0 Å². The molecule has 26 heavy (non-hydrogen) atoms. The molecule has 0 unspecified atom stereocenters. The number of benzene rings is 2. The maximum absolute atomic E-state index is 6.11. The zero-order valence-corrected chi connectivity index (χ0v) is 16.6. The molecule has 2 aromatic rings. The molecule has 4 heteroatoms. The first kappa shape index (κ1) is 20.3. The van der Waals surface area contributed by atoms with Crippen molar-refractivity contribution < 1.29 is 4.74 Å². The van der Waals surface area contributed by atoms with Crippen molar-refractivity contribution in [1.29, 1.82) is 0 Å². The lowest BCUT2D eigenvalue weighted by Crippen LogP contribution is -1.97. The molecule has 0 saturated carbocycles. The van der Waals surface area contributed by atoms with Crippen LogP contribution in [-0.2, 0) is 0 Å². The molecule has 0 aliphatic rings. The number of hydrogen-bond acceptors (Lipinski definition) is 3. The first-order chi connectivity index (χ1) is 12.7. The van der Waals surface area contributed by atoms with E-state index >= 15 is 0 Å². The number of hydrogen-bond donors (Lipinski definition) is 1. The second kappa shape index (κ2) is 11.6. The minimum atomic E-state index is 0.733. The molecule has 0 aliphatic carbocycles. The molecule has 140 valence electrons. The molecule has 0 bridgehead atoms. The fourth-order valence-electron chi connectivity index (χ4n) is 2.57. The number of anilines is 1. The SMILES string of the molecule is CCCCCCCCOc1ccc(/C=N/Nc2ccc(C)c(Cl)c2)cc1. The summed E-state index contributed by atoms with van der Waals surface area (Å²) in [4.78, 5) is 0. The second-order valence-electron chi connectivity index (χ2n) is 6.52. The van der Waals surface area contributed by atoms with E-state index in [0.29, 0.717) is 0 Å². The van der Waals surface area contributed by atoms with Gasteiger partial charge in [-0.2, -0.15) is 5.10 Å². The Hall–Kier alpha value is -2.00. The number of unbranched alkanes of at least 4 members (excludes halogenated alkanes) is 5. The lowest BCUT2D eigenvalue weighted by atomic mass is 10.1. The molecule has 1 N–H and O–H groups in total. The monoisotopic (exact) mass is 372 g/mol. The average molecular weight is 373 g/mol. The molecule has 0 atom stereocenters. The molecule has 2 rings (SSSR count). The van der Waals surface area contributed by atoms with E-state index in [0.717, 1.165) is 40.6 Å². The Morgan fingerprint density at radius 2 is 1.73 bits per heavy atom. The second-order valence-corrected chi connectivity index (χ2v) is 6.93. The molecule has 0 amide bonds. The fourth-order valence-corrected chi connectivity index (χ4v) is 2.75. The van der Waals surface area contributed by atoms with Crippen molar-refractivity contribution in [2.45, 2.75) is 52.4 Å². The molecule has 0 saturated heterocycles. The predicted octanol–water partition coefficient (Wildman–Crippen LogP) is 6.83. The number of ether oxygens (including phenoxy) is 1. The molecular weight excluding hydrogens is 344 g/mol. The van der Waals surface area contributed by atoms with Crippen LogP contribution in [-0.4, -0.2) is 12.8 Å². The Kier molecular flexibility index (Phi) is 9.05. The van der Waals surface area contributed by atoms with E-state index in [1.165, 1.54) is 32.1 Å². The predicted molar refractivity (Wildman–Crippen MR) is 113 cm³/mol. The zero-order valence-electron chi connectivity index (χ0n) is 15.8. The third-order valence-corrected chi connectivity index (χ3v) is 4.63. The van der Waals surface area contributed by atoms with E-state index in [1.54, 1.807) is 6.21 Å². The molecule has 0 aliphatic heterocycles. The van der Waals surface area contributed by atoms with E-state index in [1.807, 2.05) is 49.4 Å². The van der Waals surface area contributed by atoms with Gasteiger partial charge >= 0.3 is 0 Å². The number of nitrogens with one attached hydrogen (secondary N) is 1. The van der Waals surface area contributed by atoms with Crippen molar-refractivity contribution >= 4 is 23.5 Å². The zero-order chi connectivity index (χ0) is 18.6. The summed E-state index contributed by atoms with van der Waals surface area (Å²) in [6.07, 6.45) is 9.44. The molecule has 0 aromatic heterocycles. The smallest absolute Gasteiger partial charge is 0.119 e. The maximum atomic E-state index is 6.11. The van der Waals surface area contributed by atoms with Crippen molar-refractivity contribution in [3.05, 3.63) is 58.6 Å². The lowest BCUT2D eigenvalue weighted by Gasteiger charge is -2.06. The first-order valence-corrected chi connectivity index (χ1v) is 9.85. The van der Waals surface area contributed by atoms with Gasteiger partial charge in [0.15, 0.2) is 0 Å². The molecule has 0 spiro atoms. The van der Waals surface area contributed by atoms with Gasteiger partial charge in [-0.15, -0.1) is 0 Å². The summed E-state index contributed by atoms with van der Waals surface area (Å²) in [5.74, 6) is 0.911. The molecular formula is C22H29ClN2O. The van der Waals surface area contributed by atoms with Crippen LogP contribution in [0.1, 0.15) is 56.6 Å². The van der Waals surface area contributed by atoms with E-state index in [4.69, 9.17) is 16.3 Å². The van der Waals surface area contributed by atoms with Gasteiger partial charge in [0, 0.05) is 5.02 Å². The van der Waals surface area contributed by atoms with Gasteiger partial charge in [-0.25, -0.2) is 0 Å². The van der Waals surface area contributed by atoms with Crippen LogP contribution >= 0.6 is 11.6 Å². The number of nitrogens with zero attached hydrogens (tertiary/aromatic N) is 1. The van der Waals surface area contributed by atoms with Crippen LogP contribution in [0.2, 0.25) is 5.02 Å². The van der Waals surface area contributed by atoms with Crippen LogP contribution in [0.4, 0.5) is 5.69 Å². The van der Waals surface area contributed by atoms with Crippen LogP contribution in [0, 0.1) is 6.92 Å². The lowest BCUT2D eigenvalue weighted by molar-refractivity contribution is 0.304. The van der Waals surface area contributed by atoms with Crippen molar-refractivity contribution in [2.75, 3.05) is 12.0 Å². The van der Waals surface area contributed by atoms with E-state index in [-0.39, 0.29) is 0 Å². The van der Waals surface area contributed by atoms with Crippen molar-refractivity contribution in [1.82, 2.24) is 0 Å². The van der Waals surface area contributed by atoms with Crippen LogP contribution < -0.4 is 10.2 Å². The van der Waals surface area contributed by atoms with Crippen LogP contribution in [0.5, 0.6) is 5.75 Å². The Morgan fingerprint density at radius 1 is 1.00 bits per heavy atom. The van der Waals surface area contributed by atoms with Gasteiger partial charge in [0.05, 0.1) is 18.5 Å². The highest BCUT2D eigenvalue weighted by Gasteiger charge is 1.97. The quantitative estimate of drug-likeness (QED) is 0.266. The van der Waals surface area contributed by atoms with E-state index in [2.05, 4.69) is 17.5 Å². The number of halogens is 1. The normalized spacial score (nSPS) is 11.0. The Morgan fingerprint density at radius 3 is 2.46 bits per heavy atom. The molecule has 3 nitrogen and oxygen atoms in total. The largest absolute Gasteiger partial charge is 0.494 e. The van der Waals surface area contributed by atoms with E-state index in [9.17, 15) is 0 Å². The average Bonchev–Trinajstić information content (AvgIpc) is 2.65. The summed E-state index contributed by atoms with van der Waals surface area (Å²) < 4.78 is 5.79. The van der Waals surface area contributed by atoms with Gasteiger partial charge in [0.25, 0.3) is 0 Å². The maximum Gasteiger partial charge on any atom is 0.119 e. The van der Waals surface area contributed by atoms with Gasteiger partial charge in [0.1, 0.15) is 5.75 Å². The summed E-state index contributed by atoms with van der Waals surface area (Å²) in [5, 5.41) is 4.98. The summed E-state index contributed by atoms with van der Waals surface area (Å²) in [5.41, 5.74) is 5.93. The van der Waals surface area contributed by atoms with Crippen molar-refractivity contribution in [2.24, 2.45) is 5.10 Å². The highest BCUT2D eigenvalue weighted by Crippen LogP contribution is 2.20. The first-order valence-electron chi connectivity index (χ1n) is 9.47. The highest BCUT2D eigenvalue weighted by atomic mass is 35.5. The van der Waals surface area contributed by atoms with Crippen LogP contribution in [0.25, 0.3) is 0 Å². The minimum absolute atomic E-state index is 0.733. The van der Waals surface area contributed by atoms with Gasteiger partial charge in [0.2, 0.25) is 0 Å². The van der Waals surface area contributed by atoms with Gasteiger partial charge in [-0.1, -0.05) is 56.7 Å². The number of rotatable bonds is 11. The van der Waals surface area contributed by atoms with Gasteiger partial charge in [-0.3, -0.25) is 5.43 Å². The highest BCUT2D eigenvalue weighted by molar-refractivity contribution is 6.31. The molecule has 0 heterocycles. The van der Waals surface area contributed by atoms with Crippen molar-refractivity contribution in [3.63, 3.8) is 0 Å². The molecule has 2 aromatic carbocycles. The van der Waals surface area contributed by atoms with Gasteiger partial charge < -0.3 is 4.74 Å². The summed E-state index contributed by atoms with van der Waals surface area (Å²) in [7, 11) is 0. The Labute approximate surface area is 162 Å². The van der Waals surface area contributed by atoms with Gasteiger partial charge in [-0.05, 0) is 60.9 Å². The molecule has 0 radical (unpaired) electrons. The van der Waals surface area contributed by atoms with Crippen LogP contribution in [0.3, 0.4) is 0 Å². The standard InChI is InChI=1S/C22H29ClN2O/c1-3-4-5-6-7-8-15-26-21-13-10-19(11-14-21)17-24-25-20-12-9-18(2)22(23)16-20/h9-14,16-17,25H,3-8,15H2,1-2H3/b24-17+. The minimum Gasteiger partial charge on any atom is -0.494 e. The summed E-state index contributed by atoms with van der Waals surface area (Å²) >= 11 is 6.11. The van der Waals surface area contributed by atoms with Crippen molar-refractivity contribution in [3.8, 4) is 5.75 Å². The Bertz CT molecular complexity index is 683. The fraction of sp³-hybridized carbons (Fsp3) is 0.409. The summed E-state index contributed by atoms with van der Waals surface area (Å²) in [6, 6.07) is 13.8. The van der Waals surface area contributed by atoms with Crippen LogP contribution in [0.15, 0.2) is 47.6 Å². The molecule has 0 fully saturated rings. The topological polar surface area (TPSA) is 33.6 Å². The summed E-state index contributed by atoms with van der Waals surface area (Å²) in [6.45, 7) is 5.01. The number of aryl methyl sites for hydroxylation is 1. The Balaban J connectivity index is 1.70.